The van der Waals surface area contributed by atoms with E-state index >= 15 is 0 Å². The van der Waals surface area contributed by atoms with Gasteiger partial charge in [0.25, 0.3) is 5.91 Å². The van der Waals surface area contributed by atoms with Crippen LogP contribution in [0.1, 0.15) is 67.6 Å². The van der Waals surface area contributed by atoms with Gasteiger partial charge in [0.15, 0.2) is 5.16 Å². The quantitative estimate of drug-likeness (QED) is 0.534. The number of anilines is 1. The van der Waals surface area contributed by atoms with Crippen LogP contribution in [0.2, 0.25) is 0 Å². The first-order chi connectivity index (χ1) is 14.1. The lowest BCUT2D eigenvalue weighted by atomic mass is 10.0. The van der Waals surface area contributed by atoms with Gasteiger partial charge in [-0.15, -0.1) is 0 Å². The molecule has 1 aliphatic carbocycles. The average Bonchev–Trinajstić information content (AvgIpc) is 3.56. The number of nitrogens with one attached hydrogen (secondary N) is 1. The van der Waals surface area contributed by atoms with Gasteiger partial charge in [0, 0.05) is 41.7 Å². The maximum absolute atomic E-state index is 12.1. The van der Waals surface area contributed by atoms with E-state index < -0.39 is 0 Å². The van der Waals surface area contributed by atoms with Gasteiger partial charge in [-0.05, 0) is 63.1 Å². The van der Waals surface area contributed by atoms with Crippen LogP contribution in [0.3, 0.4) is 0 Å². The first-order valence-corrected chi connectivity index (χ1v) is 11.8. The van der Waals surface area contributed by atoms with Crippen molar-refractivity contribution in [2.75, 3.05) is 11.4 Å². The van der Waals surface area contributed by atoms with Crippen LogP contribution in [0.25, 0.3) is 0 Å². The lowest BCUT2D eigenvalue weighted by molar-refractivity contribution is 0.0951. The van der Waals surface area contributed by atoms with Crippen LogP contribution in [-0.4, -0.2) is 34.5 Å². The molecule has 2 heterocycles. The lowest BCUT2D eigenvalue weighted by Gasteiger charge is -2.34. The zero-order valence-corrected chi connectivity index (χ0v) is 18.2. The molecular formula is C23H30N4OS. The molecule has 0 bridgehead atoms. The summed E-state index contributed by atoms with van der Waals surface area (Å²) in [5, 5.41) is 3.87. The van der Waals surface area contributed by atoms with E-state index in [-0.39, 0.29) is 5.91 Å². The summed E-state index contributed by atoms with van der Waals surface area (Å²) < 4.78 is 0. The fraction of sp³-hybridized carbons (Fsp3) is 0.522. The van der Waals surface area contributed by atoms with E-state index in [4.69, 9.17) is 9.97 Å². The molecule has 2 aliphatic rings. The second-order valence-corrected chi connectivity index (χ2v) is 9.07. The standard InChI is InChI=1S/C23H30N4OS/c1-3-19-14-21(27-13-5-4-6-16(27)2)26-23(25-19)29-15-17-7-9-18(10-8-17)22(28)24-20-11-12-20/h7-10,14,16,20H,3-6,11-13,15H2,1-2H3,(H,24,28). The van der Waals surface area contributed by atoms with E-state index in [1.54, 1.807) is 11.8 Å². The second-order valence-electron chi connectivity index (χ2n) is 8.13. The van der Waals surface area contributed by atoms with Crippen molar-refractivity contribution >= 4 is 23.5 Å². The topological polar surface area (TPSA) is 58.1 Å². The molecule has 29 heavy (non-hydrogen) atoms. The Balaban J connectivity index is 1.42. The third-order valence-electron chi connectivity index (χ3n) is 5.70. The molecule has 1 N–H and O–H groups in total. The zero-order valence-electron chi connectivity index (χ0n) is 17.4. The Morgan fingerprint density at radius 3 is 2.66 bits per heavy atom. The van der Waals surface area contributed by atoms with Gasteiger partial charge in [0.05, 0.1) is 0 Å². The molecule has 1 saturated carbocycles. The summed E-state index contributed by atoms with van der Waals surface area (Å²) in [7, 11) is 0. The molecule has 2 aromatic rings. The summed E-state index contributed by atoms with van der Waals surface area (Å²) in [6.45, 7) is 5.52. The molecule has 0 spiro atoms. The maximum Gasteiger partial charge on any atom is 0.251 e. The van der Waals surface area contributed by atoms with E-state index in [1.165, 1.54) is 24.8 Å². The summed E-state index contributed by atoms with van der Waals surface area (Å²) in [6, 6.07) is 11.0. The number of thioether (sulfide) groups is 1. The number of hydrogen-bond acceptors (Lipinski definition) is 5. The molecule has 6 heteroatoms. The second kappa shape index (κ2) is 9.16. The van der Waals surface area contributed by atoms with Crippen LogP contribution in [0.15, 0.2) is 35.5 Å². The smallest absolute Gasteiger partial charge is 0.251 e. The van der Waals surface area contributed by atoms with Gasteiger partial charge in [-0.3, -0.25) is 4.79 Å². The van der Waals surface area contributed by atoms with Crippen LogP contribution in [0.4, 0.5) is 5.82 Å². The Labute approximate surface area is 177 Å². The van der Waals surface area contributed by atoms with Crippen molar-refractivity contribution in [3.63, 3.8) is 0 Å². The van der Waals surface area contributed by atoms with Crippen molar-refractivity contribution < 1.29 is 4.79 Å². The number of nitrogens with zero attached hydrogens (tertiary/aromatic N) is 3. The fourth-order valence-electron chi connectivity index (χ4n) is 3.69. The summed E-state index contributed by atoms with van der Waals surface area (Å²) >= 11 is 1.67. The molecule has 1 aromatic heterocycles. The van der Waals surface area contributed by atoms with Gasteiger partial charge in [0.2, 0.25) is 0 Å². The highest BCUT2D eigenvalue weighted by Crippen LogP contribution is 2.27. The number of carbonyl (C=O) groups is 1. The third-order valence-corrected chi connectivity index (χ3v) is 6.62. The molecule has 2 fully saturated rings. The fourth-order valence-corrected chi connectivity index (χ4v) is 4.52. The van der Waals surface area contributed by atoms with Crippen molar-refractivity contribution in [1.29, 1.82) is 0 Å². The molecule has 154 valence electrons. The van der Waals surface area contributed by atoms with Crippen molar-refractivity contribution in [2.24, 2.45) is 0 Å². The summed E-state index contributed by atoms with van der Waals surface area (Å²) in [5.41, 5.74) is 3.01. The van der Waals surface area contributed by atoms with Crippen LogP contribution in [-0.2, 0) is 12.2 Å². The number of aromatic nitrogens is 2. The number of amides is 1. The van der Waals surface area contributed by atoms with Gasteiger partial charge in [-0.2, -0.15) is 0 Å². The molecule has 1 unspecified atom stereocenters. The minimum Gasteiger partial charge on any atom is -0.354 e. The van der Waals surface area contributed by atoms with Crippen molar-refractivity contribution in [3.8, 4) is 0 Å². The van der Waals surface area contributed by atoms with E-state index in [9.17, 15) is 4.79 Å². The Bertz CT molecular complexity index is 850. The molecule has 4 rings (SSSR count). The molecule has 1 saturated heterocycles. The largest absolute Gasteiger partial charge is 0.354 e. The van der Waals surface area contributed by atoms with Crippen LogP contribution < -0.4 is 10.2 Å². The Kier molecular flexibility index (Phi) is 6.38. The molecule has 1 aromatic carbocycles. The van der Waals surface area contributed by atoms with Crippen molar-refractivity contribution in [3.05, 3.63) is 47.2 Å². The van der Waals surface area contributed by atoms with Gasteiger partial charge in [-0.1, -0.05) is 30.8 Å². The monoisotopic (exact) mass is 410 g/mol. The van der Waals surface area contributed by atoms with Gasteiger partial charge in [0.1, 0.15) is 5.82 Å². The van der Waals surface area contributed by atoms with E-state index in [0.29, 0.717) is 12.1 Å². The highest BCUT2D eigenvalue weighted by molar-refractivity contribution is 7.98. The van der Waals surface area contributed by atoms with Gasteiger partial charge < -0.3 is 10.2 Å². The highest BCUT2D eigenvalue weighted by atomic mass is 32.2. The SMILES string of the molecule is CCc1cc(N2CCCCC2C)nc(SCc2ccc(C(=O)NC3CC3)cc2)n1. The molecule has 1 amide bonds. The minimum absolute atomic E-state index is 0.0333. The van der Waals surface area contributed by atoms with Crippen molar-refractivity contribution in [1.82, 2.24) is 15.3 Å². The molecule has 1 atom stereocenters. The van der Waals surface area contributed by atoms with Crippen LogP contribution in [0.5, 0.6) is 0 Å². The van der Waals surface area contributed by atoms with E-state index in [1.807, 2.05) is 24.3 Å². The predicted octanol–water partition coefficient (Wildman–Crippen LogP) is 4.60. The Morgan fingerprint density at radius 2 is 1.97 bits per heavy atom. The molecule has 5 nitrogen and oxygen atoms in total. The van der Waals surface area contributed by atoms with E-state index in [2.05, 4.69) is 30.1 Å². The molecule has 0 radical (unpaired) electrons. The highest BCUT2D eigenvalue weighted by Gasteiger charge is 2.24. The average molecular weight is 411 g/mol. The number of rotatable bonds is 7. The Hall–Kier alpha value is -2.08. The maximum atomic E-state index is 12.1. The number of hydrogen-bond donors (Lipinski definition) is 1. The number of carbonyl (C=O) groups excluding carboxylic acids is 1. The summed E-state index contributed by atoms with van der Waals surface area (Å²) in [5.74, 6) is 1.90. The van der Waals surface area contributed by atoms with Crippen LogP contribution in [0, 0.1) is 0 Å². The third kappa shape index (κ3) is 5.30. The minimum atomic E-state index is 0.0333. The van der Waals surface area contributed by atoms with Gasteiger partial charge in [-0.25, -0.2) is 9.97 Å². The molecular weight excluding hydrogens is 380 g/mol. The van der Waals surface area contributed by atoms with Gasteiger partial charge >= 0.3 is 0 Å². The summed E-state index contributed by atoms with van der Waals surface area (Å²) in [6.07, 6.45) is 6.90. The number of aryl methyl sites for hydroxylation is 1. The Morgan fingerprint density at radius 1 is 1.17 bits per heavy atom. The van der Waals surface area contributed by atoms with Crippen molar-refractivity contribution in [2.45, 2.75) is 75.4 Å². The lowest BCUT2D eigenvalue weighted by Crippen LogP contribution is -2.38. The first-order valence-electron chi connectivity index (χ1n) is 10.8. The predicted molar refractivity (Wildman–Crippen MR) is 119 cm³/mol. The first kappa shape index (κ1) is 20.2. The number of benzene rings is 1. The number of piperidine rings is 1. The normalized spacial score (nSPS) is 19.2. The zero-order chi connectivity index (χ0) is 20.2. The summed E-state index contributed by atoms with van der Waals surface area (Å²) in [4.78, 5) is 24.2. The molecule has 1 aliphatic heterocycles. The van der Waals surface area contributed by atoms with E-state index in [0.717, 1.165) is 53.8 Å². The van der Waals surface area contributed by atoms with Crippen LogP contribution >= 0.6 is 11.8 Å².